The van der Waals surface area contributed by atoms with Crippen LogP contribution in [0.1, 0.15) is 16.1 Å². The summed E-state index contributed by atoms with van der Waals surface area (Å²) in [5.41, 5.74) is 3.49. The fourth-order valence-corrected chi connectivity index (χ4v) is 2.78. The molecular weight excluding hydrogens is 278 g/mol. The van der Waals surface area contributed by atoms with Gasteiger partial charge in [-0.3, -0.25) is 4.90 Å². The lowest BCUT2D eigenvalue weighted by Gasteiger charge is -2.17. The van der Waals surface area contributed by atoms with Gasteiger partial charge < -0.3 is 10.0 Å². The van der Waals surface area contributed by atoms with Gasteiger partial charge in [-0.05, 0) is 25.5 Å². The van der Waals surface area contributed by atoms with E-state index in [-0.39, 0.29) is 5.46 Å². The van der Waals surface area contributed by atoms with Crippen LogP contribution in [0.3, 0.4) is 0 Å². The number of halogens is 1. The molecule has 1 aromatic carbocycles. The quantitative estimate of drug-likeness (QED) is 0.805. The van der Waals surface area contributed by atoms with E-state index in [4.69, 9.17) is 10.0 Å². The summed E-state index contributed by atoms with van der Waals surface area (Å²) in [4.78, 5) is 7.34. The number of nitrogens with zero attached hydrogens (tertiary/aromatic N) is 2. The zero-order valence-corrected chi connectivity index (χ0v) is 12.2. The van der Waals surface area contributed by atoms with E-state index in [1.165, 1.54) is 6.07 Å². The molecule has 0 radical (unpaired) electrons. The molecule has 0 unspecified atom stereocenters. The Balaban J connectivity index is 2.04. The molecule has 0 amide bonds. The Bertz CT molecular complexity index is 592. The maximum atomic E-state index is 13.9. The molecule has 0 bridgehead atoms. The number of thiazole rings is 1. The van der Waals surface area contributed by atoms with Crippen LogP contribution in [-0.2, 0) is 13.1 Å². The van der Waals surface area contributed by atoms with E-state index in [1.807, 2.05) is 18.9 Å². The first-order chi connectivity index (χ1) is 9.47. The SMILES string of the molecule is Cc1ncsc1CN(C)Cc1ccc(B(O)O)cc1F. The van der Waals surface area contributed by atoms with Crippen LogP contribution in [0.15, 0.2) is 23.7 Å². The predicted octanol–water partition coefficient (Wildman–Crippen LogP) is 0.902. The first kappa shape index (κ1) is 15.1. The third-order valence-electron chi connectivity index (χ3n) is 3.07. The second-order valence-electron chi connectivity index (χ2n) is 4.76. The summed E-state index contributed by atoms with van der Waals surface area (Å²) >= 11 is 1.59. The Hall–Kier alpha value is -1.28. The minimum atomic E-state index is -1.64. The predicted molar refractivity (Wildman–Crippen MR) is 78.2 cm³/mol. The van der Waals surface area contributed by atoms with E-state index >= 15 is 0 Å². The molecule has 0 fully saturated rings. The molecule has 0 aliphatic heterocycles. The Labute approximate surface area is 121 Å². The van der Waals surface area contributed by atoms with E-state index in [9.17, 15) is 4.39 Å². The molecule has 0 aliphatic carbocycles. The standard InChI is InChI=1S/C13H16BFN2O2S/c1-9-13(20-8-16-9)7-17(2)6-10-3-4-11(14(18)19)5-12(10)15/h3-5,8,18-19H,6-7H2,1-2H3. The number of aromatic nitrogens is 1. The van der Waals surface area contributed by atoms with Crippen LogP contribution < -0.4 is 5.46 Å². The molecule has 1 aromatic heterocycles. The monoisotopic (exact) mass is 294 g/mol. The first-order valence-electron chi connectivity index (χ1n) is 6.19. The van der Waals surface area contributed by atoms with Crippen LogP contribution in [0.5, 0.6) is 0 Å². The van der Waals surface area contributed by atoms with Crippen molar-refractivity contribution in [2.75, 3.05) is 7.05 Å². The van der Waals surface area contributed by atoms with Crippen molar-refractivity contribution in [2.24, 2.45) is 0 Å². The molecule has 2 N–H and O–H groups in total. The van der Waals surface area contributed by atoms with Crippen molar-refractivity contribution in [3.8, 4) is 0 Å². The molecule has 0 saturated heterocycles. The van der Waals surface area contributed by atoms with Gasteiger partial charge in [0.25, 0.3) is 0 Å². The third kappa shape index (κ3) is 3.64. The van der Waals surface area contributed by atoms with Crippen molar-refractivity contribution in [1.82, 2.24) is 9.88 Å². The molecule has 0 aliphatic rings. The van der Waals surface area contributed by atoms with Gasteiger partial charge in [0.05, 0.1) is 11.2 Å². The van der Waals surface area contributed by atoms with Crippen molar-refractivity contribution in [1.29, 1.82) is 0 Å². The molecule has 2 aromatic rings. The molecule has 106 valence electrons. The van der Waals surface area contributed by atoms with Crippen molar-refractivity contribution >= 4 is 23.9 Å². The summed E-state index contributed by atoms with van der Waals surface area (Å²) in [6, 6.07) is 4.26. The average Bonchev–Trinajstić information content (AvgIpc) is 2.77. The fraction of sp³-hybridized carbons (Fsp3) is 0.308. The van der Waals surface area contributed by atoms with Gasteiger partial charge in [0, 0.05) is 23.5 Å². The highest BCUT2D eigenvalue weighted by molar-refractivity contribution is 7.09. The summed E-state index contributed by atoms with van der Waals surface area (Å²) in [7, 11) is 0.268. The first-order valence-corrected chi connectivity index (χ1v) is 7.07. The largest absolute Gasteiger partial charge is 0.488 e. The van der Waals surface area contributed by atoms with E-state index in [2.05, 4.69) is 4.98 Å². The topological polar surface area (TPSA) is 56.6 Å². The van der Waals surface area contributed by atoms with Crippen LogP contribution in [0.4, 0.5) is 4.39 Å². The van der Waals surface area contributed by atoms with E-state index in [0.717, 1.165) is 16.6 Å². The average molecular weight is 294 g/mol. The molecule has 4 nitrogen and oxygen atoms in total. The lowest BCUT2D eigenvalue weighted by molar-refractivity contribution is 0.315. The highest BCUT2D eigenvalue weighted by atomic mass is 32.1. The Morgan fingerprint density at radius 1 is 1.35 bits per heavy atom. The van der Waals surface area contributed by atoms with Crippen molar-refractivity contribution in [3.05, 3.63) is 45.7 Å². The fourth-order valence-electron chi connectivity index (χ4n) is 1.92. The molecule has 0 atom stereocenters. The normalized spacial score (nSPS) is 11.1. The summed E-state index contributed by atoms with van der Waals surface area (Å²) in [6.07, 6.45) is 0. The van der Waals surface area contributed by atoms with Crippen molar-refractivity contribution in [2.45, 2.75) is 20.0 Å². The summed E-state index contributed by atoms with van der Waals surface area (Å²) in [5, 5.41) is 18.0. The van der Waals surface area contributed by atoms with Gasteiger partial charge in [0.15, 0.2) is 0 Å². The molecular formula is C13H16BFN2O2S. The Morgan fingerprint density at radius 3 is 2.65 bits per heavy atom. The van der Waals surface area contributed by atoms with Crippen LogP contribution >= 0.6 is 11.3 Å². The number of hydrogen-bond donors (Lipinski definition) is 2. The van der Waals surface area contributed by atoms with Gasteiger partial charge in [-0.2, -0.15) is 0 Å². The maximum absolute atomic E-state index is 13.9. The molecule has 1 heterocycles. The third-order valence-corrected chi connectivity index (χ3v) is 3.99. The van der Waals surface area contributed by atoms with Crippen molar-refractivity contribution in [3.63, 3.8) is 0 Å². The van der Waals surface area contributed by atoms with Crippen LogP contribution in [0.2, 0.25) is 0 Å². The van der Waals surface area contributed by atoms with Gasteiger partial charge in [-0.25, -0.2) is 9.37 Å². The number of rotatable bonds is 5. The van der Waals surface area contributed by atoms with E-state index in [1.54, 1.807) is 22.9 Å². The number of benzene rings is 1. The number of hydrogen-bond acceptors (Lipinski definition) is 5. The summed E-state index contributed by atoms with van der Waals surface area (Å²) in [5.74, 6) is -0.427. The highest BCUT2D eigenvalue weighted by Gasteiger charge is 2.14. The van der Waals surface area contributed by atoms with Gasteiger partial charge in [-0.1, -0.05) is 12.1 Å². The highest BCUT2D eigenvalue weighted by Crippen LogP contribution is 2.16. The maximum Gasteiger partial charge on any atom is 0.488 e. The van der Waals surface area contributed by atoms with E-state index in [0.29, 0.717) is 18.7 Å². The molecule has 0 spiro atoms. The Morgan fingerprint density at radius 2 is 2.10 bits per heavy atom. The van der Waals surface area contributed by atoms with Crippen molar-refractivity contribution < 1.29 is 14.4 Å². The molecule has 7 heteroatoms. The second kappa shape index (κ2) is 6.45. The lowest BCUT2D eigenvalue weighted by atomic mass is 9.80. The zero-order chi connectivity index (χ0) is 14.7. The summed E-state index contributed by atoms with van der Waals surface area (Å²) in [6.45, 7) is 3.11. The smallest absolute Gasteiger partial charge is 0.423 e. The minimum absolute atomic E-state index is 0.159. The van der Waals surface area contributed by atoms with Crippen LogP contribution in [0.25, 0.3) is 0 Å². The Kier molecular flexibility index (Phi) is 4.88. The van der Waals surface area contributed by atoms with Gasteiger partial charge >= 0.3 is 7.12 Å². The molecule has 0 saturated carbocycles. The number of aryl methyl sites for hydroxylation is 1. The summed E-state index contributed by atoms with van der Waals surface area (Å²) < 4.78 is 13.9. The van der Waals surface area contributed by atoms with Gasteiger partial charge in [-0.15, -0.1) is 11.3 Å². The second-order valence-corrected chi connectivity index (χ2v) is 5.70. The molecule has 20 heavy (non-hydrogen) atoms. The van der Waals surface area contributed by atoms with Gasteiger partial charge in [0.1, 0.15) is 5.82 Å². The zero-order valence-electron chi connectivity index (χ0n) is 11.4. The van der Waals surface area contributed by atoms with E-state index < -0.39 is 12.9 Å². The lowest BCUT2D eigenvalue weighted by Crippen LogP contribution is -2.30. The minimum Gasteiger partial charge on any atom is -0.423 e. The van der Waals surface area contributed by atoms with Crippen LogP contribution in [-0.4, -0.2) is 34.1 Å². The van der Waals surface area contributed by atoms with Gasteiger partial charge in [0.2, 0.25) is 0 Å². The van der Waals surface area contributed by atoms with Crippen LogP contribution in [0, 0.1) is 12.7 Å². The molecule has 2 rings (SSSR count).